The zero-order valence-corrected chi connectivity index (χ0v) is 17.4. The lowest BCUT2D eigenvalue weighted by atomic mass is 10.1. The molecule has 0 saturated heterocycles. The summed E-state index contributed by atoms with van der Waals surface area (Å²) in [6.45, 7) is 1.12. The summed E-state index contributed by atoms with van der Waals surface area (Å²) in [6.07, 6.45) is -8.50. The maximum absolute atomic E-state index is 13.3. The number of aromatic nitrogens is 4. The van der Waals surface area contributed by atoms with Crippen molar-refractivity contribution in [2.24, 2.45) is 0 Å². The Morgan fingerprint density at radius 3 is 2.48 bits per heavy atom. The van der Waals surface area contributed by atoms with Crippen molar-refractivity contribution in [3.8, 4) is 0 Å². The van der Waals surface area contributed by atoms with Crippen LogP contribution in [-0.2, 0) is 17.5 Å². The fourth-order valence-corrected chi connectivity index (χ4v) is 3.27. The van der Waals surface area contributed by atoms with Crippen LogP contribution in [0.4, 0.5) is 36.4 Å². The van der Waals surface area contributed by atoms with Crippen molar-refractivity contribution in [3.63, 3.8) is 0 Å². The van der Waals surface area contributed by atoms with Gasteiger partial charge in [-0.15, -0.1) is 0 Å². The lowest BCUT2D eigenvalue weighted by Gasteiger charge is -2.15. The van der Waals surface area contributed by atoms with Gasteiger partial charge in [-0.25, -0.2) is 22.2 Å². The van der Waals surface area contributed by atoms with Gasteiger partial charge in [-0.05, 0) is 24.6 Å². The van der Waals surface area contributed by atoms with Gasteiger partial charge in [0.2, 0.25) is 5.91 Å². The summed E-state index contributed by atoms with van der Waals surface area (Å²) in [5.74, 6) is -0.879. The Bertz CT molecular complexity index is 1140. The molecule has 178 valence electrons. The molecule has 1 N–H and O–H groups in total. The molecule has 2 aromatic heterocycles. The van der Waals surface area contributed by atoms with Gasteiger partial charge in [0.15, 0.2) is 0 Å². The predicted molar refractivity (Wildman–Crippen MR) is 103 cm³/mol. The van der Waals surface area contributed by atoms with E-state index < -0.39 is 53.0 Å². The third-order valence-electron chi connectivity index (χ3n) is 4.57. The molecule has 33 heavy (non-hydrogen) atoms. The normalized spacial score (nSPS) is 13.1. The van der Waals surface area contributed by atoms with Crippen LogP contribution in [0, 0.1) is 0 Å². The van der Waals surface area contributed by atoms with Crippen LogP contribution in [0.25, 0.3) is 0 Å². The van der Waals surface area contributed by atoms with E-state index in [1.165, 1.54) is 29.2 Å². The van der Waals surface area contributed by atoms with Crippen molar-refractivity contribution in [3.05, 3.63) is 64.2 Å². The summed E-state index contributed by atoms with van der Waals surface area (Å²) in [6, 6.07) is 3.15. The van der Waals surface area contributed by atoms with Gasteiger partial charge in [-0.3, -0.25) is 9.48 Å². The number of alkyl halides is 7. The van der Waals surface area contributed by atoms with E-state index in [4.69, 9.17) is 11.6 Å². The molecule has 3 aromatic rings. The largest absolute Gasteiger partial charge is 0.416 e. The Labute approximate surface area is 186 Å². The summed E-state index contributed by atoms with van der Waals surface area (Å²) >= 11 is 5.59. The molecule has 0 bridgehead atoms. The number of nitrogens with zero attached hydrogens (tertiary/aromatic N) is 4. The lowest BCUT2D eigenvalue weighted by molar-refractivity contribution is -0.137. The first-order valence-electron chi connectivity index (χ1n) is 9.22. The fraction of sp³-hybridized carbons (Fsp3) is 0.316. The molecule has 1 unspecified atom stereocenters. The Morgan fingerprint density at radius 2 is 1.88 bits per heavy atom. The standard InChI is InChI=1S/C19H15ClF7N5O/c1-9(32-15(17(23)24)13(20)14(30-32)16(21)22)18(33)29-12-6-28-31(8-12)7-10-3-2-4-11(5-10)19(25,26)27/h2-6,8-9,16-17H,7H2,1H3,(H,29,33). The smallest absolute Gasteiger partial charge is 0.322 e. The number of carbonyl (C=O) groups excluding carboxylic acids is 1. The molecular formula is C19H15ClF7N5O. The number of rotatable bonds is 7. The lowest BCUT2D eigenvalue weighted by Crippen LogP contribution is -2.26. The molecule has 0 fully saturated rings. The average Bonchev–Trinajstić information content (AvgIpc) is 3.30. The van der Waals surface area contributed by atoms with Crippen molar-refractivity contribution < 1.29 is 35.5 Å². The minimum absolute atomic E-state index is 0.0443. The summed E-state index contributed by atoms with van der Waals surface area (Å²) in [7, 11) is 0. The molecule has 1 aromatic carbocycles. The molecule has 1 amide bonds. The van der Waals surface area contributed by atoms with Crippen molar-refractivity contribution in [2.45, 2.75) is 38.5 Å². The second-order valence-electron chi connectivity index (χ2n) is 6.92. The van der Waals surface area contributed by atoms with Crippen molar-refractivity contribution in [1.82, 2.24) is 19.6 Å². The van der Waals surface area contributed by atoms with Crippen LogP contribution in [0.15, 0.2) is 36.7 Å². The zero-order valence-electron chi connectivity index (χ0n) is 16.6. The van der Waals surface area contributed by atoms with Crippen molar-refractivity contribution >= 4 is 23.2 Å². The van der Waals surface area contributed by atoms with Crippen molar-refractivity contribution in [1.29, 1.82) is 0 Å². The molecule has 0 saturated carbocycles. The van der Waals surface area contributed by atoms with Gasteiger partial charge >= 0.3 is 6.18 Å². The van der Waals surface area contributed by atoms with Crippen LogP contribution in [-0.4, -0.2) is 25.5 Å². The SMILES string of the molecule is CC(C(=O)Nc1cnn(Cc2cccc(C(F)(F)F)c2)c1)n1nc(C(F)F)c(Cl)c1C(F)F. The van der Waals surface area contributed by atoms with Crippen LogP contribution >= 0.6 is 11.6 Å². The molecule has 6 nitrogen and oxygen atoms in total. The van der Waals surface area contributed by atoms with E-state index >= 15 is 0 Å². The van der Waals surface area contributed by atoms with Gasteiger partial charge in [-0.2, -0.15) is 23.4 Å². The van der Waals surface area contributed by atoms with Crippen LogP contribution in [0.3, 0.4) is 0 Å². The van der Waals surface area contributed by atoms with E-state index in [-0.39, 0.29) is 12.2 Å². The predicted octanol–water partition coefficient (Wildman–Crippen LogP) is 5.88. The number of amides is 1. The molecule has 3 rings (SSSR count). The second kappa shape index (κ2) is 9.41. The molecule has 0 aliphatic carbocycles. The Balaban J connectivity index is 1.74. The third kappa shape index (κ3) is 5.46. The first kappa shape index (κ1) is 24.6. The number of benzene rings is 1. The minimum Gasteiger partial charge on any atom is -0.322 e. The molecule has 0 spiro atoms. The van der Waals surface area contributed by atoms with Gasteiger partial charge in [0.1, 0.15) is 17.4 Å². The van der Waals surface area contributed by atoms with Crippen LogP contribution < -0.4 is 5.32 Å². The molecule has 0 aliphatic heterocycles. The average molecular weight is 498 g/mol. The highest BCUT2D eigenvalue weighted by atomic mass is 35.5. The van der Waals surface area contributed by atoms with E-state index in [1.807, 2.05) is 0 Å². The van der Waals surface area contributed by atoms with Crippen LogP contribution in [0.2, 0.25) is 5.02 Å². The maximum Gasteiger partial charge on any atom is 0.416 e. The molecule has 2 heterocycles. The monoisotopic (exact) mass is 497 g/mol. The Hall–Kier alpha value is -3.09. The first-order valence-corrected chi connectivity index (χ1v) is 9.59. The summed E-state index contributed by atoms with van der Waals surface area (Å²) < 4.78 is 92.8. The van der Waals surface area contributed by atoms with Crippen LogP contribution in [0.5, 0.6) is 0 Å². The van der Waals surface area contributed by atoms with Crippen molar-refractivity contribution in [2.75, 3.05) is 5.32 Å². The topological polar surface area (TPSA) is 64.7 Å². The summed E-state index contributed by atoms with van der Waals surface area (Å²) in [5.41, 5.74) is -2.52. The molecule has 1 atom stereocenters. The van der Waals surface area contributed by atoms with Gasteiger partial charge < -0.3 is 5.32 Å². The summed E-state index contributed by atoms with van der Waals surface area (Å²) in [4.78, 5) is 12.5. The first-order chi connectivity index (χ1) is 15.4. The molecule has 14 heteroatoms. The number of hydrogen-bond acceptors (Lipinski definition) is 3. The molecule has 0 aliphatic rings. The Morgan fingerprint density at radius 1 is 1.18 bits per heavy atom. The highest BCUT2D eigenvalue weighted by Gasteiger charge is 2.32. The van der Waals surface area contributed by atoms with E-state index in [2.05, 4.69) is 15.5 Å². The molecule has 0 radical (unpaired) electrons. The van der Waals surface area contributed by atoms with Gasteiger partial charge in [0, 0.05) is 6.20 Å². The van der Waals surface area contributed by atoms with E-state index in [9.17, 15) is 35.5 Å². The van der Waals surface area contributed by atoms with Crippen LogP contribution in [0.1, 0.15) is 48.3 Å². The Kier molecular flexibility index (Phi) is 7.00. The fourth-order valence-electron chi connectivity index (χ4n) is 2.98. The van der Waals surface area contributed by atoms with E-state index in [0.717, 1.165) is 19.1 Å². The summed E-state index contributed by atoms with van der Waals surface area (Å²) in [5, 5.41) is 8.74. The number of hydrogen-bond donors (Lipinski definition) is 1. The minimum atomic E-state index is -4.51. The number of carbonyl (C=O) groups is 1. The number of nitrogens with one attached hydrogen (secondary N) is 1. The second-order valence-corrected chi connectivity index (χ2v) is 7.30. The zero-order chi connectivity index (χ0) is 24.5. The molecular weight excluding hydrogens is 483 g/mol. The van der Waals surface area contributed by atoms with Gasteiger partial charge in [0.05, 0.1) is 29.0 Å². The van der Waals surface area contributed by atoms with E-state index in [1.54, 1.807) is 0 Å². The third-order valence-corrected chi connectivity index (χ3v) is 4.96. The maximum atomic E-state index is 13.3. The highest BCUT2D eigenvalue weighted by molar-refractivity contribution is 6.32. The van der Waals surface area contributed by atoms with Gasteiger partial charge in [-0.1, -0.05) is 23.7 Å². The highest BCUT2D eigenvalue weighted by Crippen LogP contribution is 2.36. The van der Waals surface area contributed by atoms with E-state index in [0.29, 0.717) is 10.2 Å². The number of anilines is 1. The number of halogens is 8. The quantitative estimate of drug-likeness (QED) is 0.415. The van der Waals surface area contributed by atoms with Gasteiger partial charge in [0.25, 0.3) is 12.9 Å².